The Kier molecular flexibility index (Phi) is 4.83. The Bertz CT molecular complexity index is 328. The van der Waals surface area contributed by atoms with Crippen molar-refractivity contribution < 1.29 is 0 Å². The van der Waals surface area contributed by atoms with E-state index in [2.05, 4.69) is 44.5 Å². The molecule has 3 heteroatoms. The van der Waals surface area contributed by atoms with Crippen molar-refractivity contribution in [2.24, 2.45) is 17.1 Å². The van der Waals surface area contributed by atoms with E-state index in [0.29, 0.717) is 11.5 Å². The molecule has 2 fully saturated rings. The molecule has 2 N–H and O–H groups in total. The van der Waals surface area contributed by atoms with Crippen LogP contribution in [-0.4, -0.2) is 54.6 Å². The molecule has 3 atom stereocenters. The molecule has 0 amide bonds. The average molecular weight is 281 g/mol. The Labute approximate surface area is 125 Å². The largest absolute Gasteiger partial charge is 0.329 e. The van der Waals surface area contributed by atoms with Crippen LogP contribution in [0.1, 0.15) is 53.4 Å². The fourth-order valence-electron chi connectivity index (χ4n) is 5.04. The zero-order valence-corrected chi connectivity index (χ0v) is 14.3. The number of hydrogen-bond donors (Lipinski definition) is 1. The third kappa shape index (κ3) is 3.20. The van der Waals surface area contributed by atoms with Gasteiger partial charge >= 0.3 is 0 Å². The molecule has 0 radical (unpaired) electrons. The minimum atomic E-state index is 0.246. The van der Waals surface area contributed by atoms with Crippen molar-refractivity contribution in [1.29, 1.82) is 0 Å². The molecule has 20 heavy (non-hydrogen) atoms. The first kappa shape index (κ1) is 16.3. The van der Waals surface area contributed by atoms with Crippen LogP contribution in [0.4, 0.5) is 0 Å². The van der Waals surface area contributed by atoms with Crippen molar-refractivity contribution in [3.05, 3.63) is 0 Å². The van der Waals surface area contributed by atoms with Crippen LogP contribution in [0.5, 0.6) is 0 Å². The Morgan fingerprint density at radius 1 is 1.20 bits per heavy atom. The summed E-state index contributed by atoms with van der Waals surface area (Å²) in [4.78, 5) is 5.27. The number of hydrogen-bond acceptors (Lipinski definition) is 3. The lowest BCUT2D eigenvalue weighted by Gasteiger charge is -2.56. The Morgan fingerprint density at radius 3 is 2.45 bits per heavy atom. The van der Waals surface area contributed by atoms with E-state index in [0.717, 1.165) is 12.5 Å². The van der Waals surface area contributed by atoms with Crippen molar-refractivity contribution in [2.75, 3.05) is 33.2 Å². The van der Waals surface area contributed by atoms with Crippen molar-refractivity contribution >= 4 is 0 Å². The molecule has 0 bridgehead atoms. The zero-order valence-electron chi connectivity index (χ0n) is 14.3. The Morgan fingerprint density at radius 2 is 1.90 bits per heavy atom. The quantitative estimate of drug-likeness (QED) is 0.863. The van der Waals surface area contributed by atoms with E-state index < -0.39 is 0 Å². The number of likely N-dealkylation sites (N-methyl/N-ethyl adjacent to an activating group) is 1. The standard InChI is InChI=1S/C17H35N3/c1-6-15-11-20(8-7-19(15)5)17(13-18)10-14(2)9-16(3,4)12-17/h14-15H,6-13,18H2,1-5H3. The molecule has 3 unspecified atom stereocenters. The lowest BCUT2D eigenvalue weighted by Crippen LogP contribution is -2.65. The van der Waals surface area contributed by atoms with E-state index in [1.54, 1.807) is 0 Å². The summed E-state index contributed by atoms with van der Waals surface area (Å²) in [5.41, 5.74) is 7.00. The third-order valence-corrected chi connectivity index (χ3v) is 5.74. The average Bonchev–Trinajstić information content (AvgIpc) is 2.36. The maximum absolute atomic E-state index is 6.32. The van der Waals surface area contributed by atoms with Gasteiger partial charge in [-0.25, -0.2) is 0 Å². The van der Waals surface area contributed by atoms with Gasteiger partial charge < -0.3 is 10.6 Å². The van der Waals surface area contributed by atoms with Gasteiger partial charge in [0.25, 0.3) is 0 Å². The predicted octanol–water partition coefficient (Wildman–Crippen LogP) is 2.56. The van der Waals surface area contributed by atoms with Crippen LogP contribution in [0.3, 0.4) is 0 Å². The summed E-state index contributed by atoms with van der Waals surface area (Å²) in [6.07, 6.45) is 5.14. The highest BCUT2D eigenvalue weighted by atomic mass is 15.3. The molecule has 2 rings (SSSR count). The van der Waals surface area contributed by atoms with Gasteiger partial charge in [0.1, 0.15) is 0 Å². The number of nitrogens with two attached hydrogens (primary N) is 1. The van der Waals surface area contributed by atoms with Gasteiger partial charge in [0.05, 0.1) is 0 Å². The number of piperazine rings is 1. The van der Waals surface area contributed by atoms with Crippen molar-refractivity contribution in [1.82, 2.24) is 9.80 Å². The summed E-state index contributed by atoms with van der Waals surface area (Å²) in [5, 5.41) is 0. The Hall–Kier alpha value is -0.120. The Balaban J connectivity index is 2.18. The van der Waals surface area contributed by atoms with Crippen LogP contribution in [-0.2, 0) is 0 Å². The van der Waals surface area contributed by atoms with Gasteiger partial charge in [-0.3, -0.25) is 4.90 Å². The molecule has 0 aromatic rings. The fourth-order valence-corrected chi connectivity index (χ4v) is 5.04. The van der Waals surface area contributed by atoms with Crippen LogP contribution < -0.4 is 5.73 Å². The molecular formula is C17H35N3. The summed E-state index contributed by atoms with van der Waals surface area (Å²) in [6.45, 7) is 14.0. The summed E-state index contributed by atoms with van der Waals surface area (Å²) < 4.78 is 0. The van der Waals surface area contributed by atoms with Crippen molar-refractivity contribution in [3.8, 4) is 0 Å². The SMILES string of the molecule is CCC1CN(C2(CN)CC(C)CC(C)(C)C2)CCN1C. The molecule has 1 saturated heterocycles. The van der Waals surface area contributed by atoms with Crippen LogP contribution in [0.25, 0.3) is 0 Å². The summed E-state index contributed by atoms with van der Waals surface area (Å²) in [6, 6.07) is 0.701. The topological polar surface area (TPSA) is 32.5 Å². The monoisotopic (exact) mass is 281 g/mol. The van der Waals surface area contributed by atoms with Crippen molar-refractivity contribution in [3.63, 3.8) is 0 Å². The second-order valence-electron chi connectivity index (χ2n) is 8.27. The molecule has 1 heterocycles. The van der Waals surface area contributed by atoms with E-state index >= 15 is 0 Å². The van der Waals surface area contributed by atoms with Gasteiger partial charge in [-0.15, -0.1) is 0 Å². The fraction of sp³-hybridized carbons (Fsp3) is 1.00. The molecule has 1 aliphatic heterocycles. The lowest BCUT2D eigenvalue weighted by atomic mass is 9.63. The zero-order chi connectivity index (χ0) is 15.0. The highest BCUT2D eigenvalue weighted by Crippen LogP contribution is 2.46. The van der Waals surface area contributed by atoms with E-state index in [9.17, 15) is 0 Å². The third-order valence-electron chi connectivity index (χ3n) is 5.74. The molecule has 3 nitrogen and oxygen atoms in total. The molecule has 1 saturated carbocycles. The van der Waals surface area contributed by atoms with Crippen LogP contribution >= 0.6 is 0 Å². The smallest absolute Gasteiger partial charge is 0.0340 e. The minimum Gasteiger partial charge on any atom is -0.329 e. The molecule has 0 aromatic carbocycles. The molecule has 2 aliphatic rings. The first-order valence-electron chi connectivity index (χ1n) is 8.47. The maximum Gasteiger partial charge on any atom is 0.0340 e. The van der Waals surface area contributed by atoms with Gasteiger partial charge in [0, 0.05) is 37.8 Å². The van der Waals surface area contributed by atoms with E-state index in [1.165, 1.54) is 45.3 Å². The molecule has 0 spiro atoms. The molecular weight excluding hydrogens is 246 g/mol. The van der Waals surface area contributed by atoms with Crippen LogP contribution in [0, 0.1) is 11.3 Å². The molecule has 0 aromatic heterocycles. The summed E-state index contributed by atoms with van der Waals surface area (Å²) >= 11 is 0. The maximum atomic E-state index is 6.32. The lowest BCUT2D eigenvalue weighted by molar-refractivity contribution is -0.0480. The van der Waals surface area contributed by atoms with Crippen LogP contribution in [0.2, 0.25) is 0 Å². The van der Waals surface area contributed by atoms with Gasteiger partial charge in [-0.2, -0.15) is 0 Å². The minimum absolute atomic E-state index is 0.246. The van der Waals surface area contributed by atoms with Gasteiger partial charge in [-0.1, -0.05) is 27.7 Å². The highest BCUT2D eigenvalue weighted by Gasteiger charge is 2.46. The van der Waals surface area contributed by atoms with E-state index in [1.807, 2.05) is 0 Å². The molecule has 118 valence electrons. The van der Waals surface area contributed by atoms with Gasteiger partial charge in [-0.05, 0) is 44.1 Å². The van der Waals surface area contributed by atoms with E-state index in [4.69, 9.17) is 5.73 Å². The van der Waals surface area contributed by atoms with E-state index in [-0.39, 0.29) is 5.54 Å². The summed E-state index contributed by atoms with van der Waals surface area (Å²) in [5.74, 6) is 0.794. The summed E-state index contributed by atoms with van der Waals surface area (Å²) in [7, 11) is 2.27. The van der Waals surface area contributed by atoms with Crippen molar-refractivity contribution in [2.45, 2.75) is 65.0 Å². The normalized spacial score (nSPS) is 39.9. The first-order valence-corrected chi connectivity index (χ1v) is 8.47. The molecule has 1 aliphatic carbocycles. The van der Waals surface area contributed by atoms with Crippen LogP contribution in [0.15, 0.2) is 0 Å². The second-order valence-corrected chi connectivity index (χ2v) is 8.27. The van der Waals surface area contributed by atoms with Gasteiger partial charge in [0.15, 0.2) is 0 Å². The van der Waals surface area contributed by atoms with Gasteiger partial charge in [0.2, 0.25) is 0 Å². The first-order chi connectivity index (χ1) is 9.32. The number of nitrogens with zero attached hydrogens (tertiary/aromatic N) is 2. The number of rotatable bonds is 3. The highest BCUT2D eigenvalue weighted by molar-refractivity contribution is 5.03. The predicted molar refractivity (Wildman–Crippen MR) is 86.9 cm³/mol. The second kappa shape index (κ2) is 5.94.